The average molecular weight is 232 g/mol. The van der Waals surface area contributed by atoms with Gasteiger partial charge in [-0.05, 0) is 11.4 Å². The van der Waals surface area contributed by atoms with Gasteiger partial charge in [-0.1, -0.05) is 6.07 Å². The highest BCUT2D eigenvalue weighted by molar-refractivity contribution is 7.09. The molecule has 1 atom stereocenters. The maximum atomic E-state index is 5.90. The third kappa shape index (κ3) is 2.48. The number of morpholine rings is 1. The van der Waals surface area contributed by atoms with Gasteiger partial charge in [0.15, 0.2) is 0 Å². The highest BCUT2D eigenvalue weighted by Gasteiger charge is 2.22. The van der Waals surface area contributed by atoms with Crippen LogP contribution < -0.4 is 0 Å². The Kier molecular flexibility index (Phi) is 3.81. The zero-order valence-corrected chi connectivity index (χ0v) is 9.56. The minimum Gasteiger partial charge on any atom is -0.378 e. The summed E-state index contributed by atoms with van der Waals surface area (Å²) >= 11 is 7.70. The van der Waals surface area contributed by atoms with Crippen molar-refractivity contribution in [2.75, 3.05) is 25.6 Å². The first-order valence-electron chi connectivity index (χ1n) is 4.80. The maximum absolute atomic E-state index is 5.90. The summed E-state index contributed by atoms with van der Waals surface area (Å²) in [5, 5.41) is 2.12. The predicted octanol–water partition coefficient (Wildman–Crippen LogP) is 2.19. The highest BCUT2D eigenvalue weighted by Crippen LogP contribution is 2.16. The Bertz CT molecular complexity index is 265. The van der Waals surface area contributed by atoms with E-state index in [9.17, 15) is 0 Å². The largest absolute Gasteiger partial charge is 0.378 e. The van der Waals surface area contributed by atoms with Crippen LogP contribution in [0.4, 0.5) is 0 Å². The van der Waals surface area contributed by atoms with Crippen molar-refractivity contribution in [3.8, 4) is 0 Å². The molecule has 1 aliphatic heterocycles. The van der Waals surface area contributed by atoms with Gasteiger partial charge in [0, 0.05) is 29.9 Å². The van der Waals surface area contributed by atoms with Gasteiger partial charge >= 0.3 is 0 Å². The lowest BCUT2D eigenvalue weighted by molar-refractivity contribution is -0.00258. The molecule has 2 nitrogen and oxygen atoms in total. The van der Waals surface area contributed by atoms with Crippen LogP contribution in [0, 0.1) is 0 Å². The van der Waals surface area contributed by atoms with Gasteiger partial charge in [-0.3, -0.25) is 4.90 Å². The first-order valence-corrected chi connectivity index (χ1v) is 6.21. The van der Waals surface area contributed by atoms with Crippen molar-refractivity contribution >= 4 is 22.9 Å². The summed E-state index contributed by atoms with van der Waals surface area (Å²) in [7, 11) is 0. The standard InChI is InChI=1S/C10H14ClNOS/c11-6-9-8-13-4-3-12(9)7-10-2-1-5-14-10/h1-2,5,9H,3-4,6-8H2. The third-order valence-electron chi connectivity index (χ3n) is 2.47. The fourth-order valence-electron chi connectivity index (χ4n) is 1.64. The Hall–Kier alpha value is -0.0900. The normalized spacial score (nSPS) is 23.9. The van der Waals surface area contributed by atoms with Crippen molar-refractivity contribution in [1.82, 2.24) is 4.90 Å². The number of hydrogen-bond acceptors (Lipinski definition) is 3. The summed E-state index contributed by atoms with van der Waals surface area (Å²) in [6.07, 6.45) is 0. The number of ether oxygens (including phenoxy) is 1. The lowest BCUT2D eigenvalue weighted by Gasteiger charge is -2.33. The van der Waals surface area contributed by atoms with Crippen LogP contribution >= 0.6 is 22.9 Å². The first kappa shape index (κ1) is 10.4. The fraction of sp³-hybridized carbons (Fsp3) is 0.600. The molecule has 0 N–H and O–H groups in total. The molecule has 1 aromatic heterocycles. The van der Waals surface area contributed by atoms with E-state index < -0.39 is 0 Å². The molecule has 0 amide bonds. The number of hydrogen-bond donors (Lipinski definition) is 0. The molecule has 1 saturated heterocycles. The van der Waals surface area contributed by atoms with E-state index in [1.165, 1.54) is 4.88 Å². The van der Waals surface area contributed by atoms with Gasteiger partial charge in [0.25, 0.3) is 0 Å². The Morgan fingerprint density at radius 2 is 2.57 bits per heavy atom. The van der Waals surface area contributed by atoms with Crippen LogP contribution in [0.15, 0.2) is 17.5 Å². The van der Waals surface area contributed by atoms with Crippen LogP contribution in [0.2, 0.25) is 0 Å². The summed E-state index contributed by atoms with van der Waals surface area (Å²) in [4.78, 5) is 3.81. The van der Waals surface area contributed by atoms with Crippen LogP contribution in [-0.4, -0.2) is 36.6 Å². The number of alkyl halides is 1. The van der Waals surface area contributed by atoms with E-state index in [4.69, 9.17) is 16.3 Å². The third-order valence-corrected chi connectivity index (χ3v) is 3.68. The van der Waals surface area contributed by atoms with Crippen molar-refractivity contribution in [2.45, 2.75) is 12.6 Å². The summed E-state index contributed by atoms with van der Waals surface area (Å²) < 4.78 is 5.40. The molecular weight excluding hydrogens is 218 g/mol. The Morgan fingerprint density at radius 3 is 3.29 bits per heavy atom. The molecule has 1 aliphatic rings. The van der Waals surface area contributed by atoms with Crippen LogP contribution in [0.3, 0.4) is 0 Å². The van der Waals surface area contributed by atoms with Crippen LogP contribution in [0.5, 0.6) is 0 Å². The molecular formula is C10H14ClNOS. The van der Waals surface area contributed by atoms with E-state index in [0.29, 0.717) is 11.9 Å². The second-order valence-electron chi connectivity index (χ2n) is 3.43. The SMILES string of the molecule is ClCC1COCCN1Cc1cccs1. The van der Waals surface area contributed by atoms with Gasteiger partial charge in [0.1, 0.15) is 0 Å². The average Bonchev–Trinajstić information content (AvgIpc) is 2.71. The molecule has 14 heavy (non-hydrogen) atoms. The van der Waals surface area contributed by atoms with Crippen molar-refractivity contribution in [2.24, 2.45) is 0 Å². The molecule has 2 rings (SSSR count). The van der Waals surface area contributed by atoms with Gasteiger partial charge in [0.2, 0.25) is 0 Å². The maximum Gasteiger partial charge on any atom is 0.0634 e. The smallest absolute Gasteiger partial charge is 0.0634 e. The molecule has 0 aromatic carbocycles. The molecule has 1 fully saturated rings. The van der Waals surface area contributed by atoms with E-state index in [2.05, 4.69) is 22.4 Å². The molecule has 0 bridgehead atoms. The van der Waals surface area contributed by atoms with Gasteiger partial charge in [-0.15, -0.1) is 22.9 Å². The van der Waals surface area contributed by atoms with E-state index in [0.717, 1.165) is 26.3 Å². The first-order chi connectivity index (χ1) is 6.90. The van der Waals surface area contributed by atoms with Crippen molar-refractivity contribution in [3.63, 3.8) is 0 Å². The Balaban J connectivity index is 1.94. The minimum atomic E-state index is 0.382. The van der Waals surface area contributed by atoms with Gasteiger partial charge < -0.3 is 4.74 Å². The Labute approximate surface area is 93.4 Å². The lowest BCUT2D eigenvalue weighted by Crippen LogP contribution is -2.45. The molecule has 0 saturated carbocycles. The summed E-state index contributed by atoms with van der Waals surface area (Å²) in [5.74, 6) is 0.658. The molecule has 78 valence electrons. The van der Waals surface area contributed by atoms with E-state index in [1.807, 2.05) is 0 Å². The quantitative estimate of drug-likeness (QED) is 0.740. The fourth-order valence-corrected chi connectivity index (χ4v) is 2.66. The summed E-state index contributed by atoms with van der Waals surface area (Å²) in [6, 6.07) is 4.65. The molecule has 2 heterocycles. The number of halogens is 1. The van der Waals surface area contributed by atoms with E-state index in [1.54, 1.807) is 11.3 Å². The van der Waals surface area contributed by atoms with Crippen LogP contribution in [0.25, 0.3) is 0 Å². The molecule has 1 aromatic rings. The second-order valence-corrected chi connectivity index (χ2v) is 4.77. The monoisotopic (exact) mass is 231 g/mol. The molecule has 0 aliphatic carbocycles. The second kappa shape index (κ2) is 5.12. The van der Waals surface area contributed by atoms with Gasteiger partial charge in [-0.25, -0.2) is 0 Å². The zero-order chi connectivity index (χ0) is 9.80. The van der Waals surface area contributed by atoms with E-state index in [-0.39, 0.29) is 0 Å². The number of thiophene rings is 1. The van der Waals surface area contributed by atoms with Crippen LogP contribution in [-0.2, 0) is 11.3 Å². The Morgan fingerprint density at radius 1 is 1.64 bits per heavy atom. The van der Waals surface area contributed by atoms with Gasteiger partial charge in [0.05, 0.1) is 13.2 Å². The topological polar surface area (TPSA) is 12.5 Å². The number of rotatable bonds is 3. The van der Waals surface area contributed by atoms with Crippen molar-refractivity contribution in [3.05, 3.63) is 22.4 Å². The summed E-state index contributed by atoms with van der Waals surface area (Å²) in [6.45, 7) is 3.61. The molecule has 4 heteroatoms. The lowest BCUT2D eigenvalue weighted by atomic mass is 10.2. The van der Waals surface area contributed by atoms with E-state index >= 15 is 0 Å². The molecule has 0 radical (unpaired) electrons. The van der Waals surface area contributed by atoms with Gasteiger partial charge in [-0.2, -0.15) is 0 Å². The van der Waals surface area contributed by atoms with Crippen LogP contribution in [0.1, 0.15) is 4.88 Å². The summed E-state index contributed by atoms with van der Waals surface area (Å²) in [5.41, 5.74) is 0. The highest BCUT2D eigenvalue weighted by atomic mass is 35.5. The minimum absolute atomic E-state index is 0.382. The number of nitrogens with zero attached hydrogens (tertiary/aromatic N) is 1. The predicted molar refractivity (Wildman–Crippen MR) is 60.1 cm³/mol. The zero-order valence-electron chi connectivity index (χ0n) is 7.99. The van der Waals surface area contributed by atoms with Crippen molar-refractivity contribution in [1.29, 1.82) is 0 Å². The molecule has 1 unspecified atom stereocenters. The molecule has 0 spiro atoms. The van der Waals surface area contributed by atoms with Crippen molar-refractivity contribution < 1.29 is 4.74 Å².